The van der Waals surface area contributed by atoms with E-state index in [-0.39, 0.29) is 10.6 Å². The third-order valence-electron chi connectivity index (χ3n) is 4.11. The maximum Gasteiger partial charge on any atom is 0.255 e. The Morgan fingerprint density at radius 1 is 1.26 bits per heavy atom. The van der Waals surface area contributed by atoms with Gasteiger partial charge in [0, 0.05) is 5.56 Å². The van der Waals surface area contributed by atoms with Gasteiger partial charge in [0.05, 0.1) is 34.6 Å². The van der Waals surface area contributed by atoms with Gasteiger partial charge in [-0.3, -0.25) is 9.89 Å². The fourth-order valence-corrected chi connectivity index (χ4v) is 2.85. The Labute approximate surface area is 159 Å². The van der Waals surface area contributed by atoms with Gasteiger partial charge in [-0.2, -0.15) is 5.10 Å². The fourth-order valence-electron chi connectivity index (χ4n) is 2.67. The summed E-state index contributed by atoms with van der Waals surface area (Å²) in [5.41, 5.74) is 1.40. The molecule has 0 aliphatic heterocycles. The molecule has 2 atom stereocenters. The molecule has 0 saturated heterocycles. The number of nitrogens with one attached hydrogen (secondary N) is 2. The Hall–Kier alpha value is -2.77. The molecule has 1 amide bonds. The lowest BCUT2D eigenvalue weighted by molar-refractivity contribution is 0.0852. The number of hydrogen-bond donors (Lipinski definition) is 3. The van der Waals surface area contributed by atoms with Crippen LogP contribution < -0.4 is 5.32 Å². The normalized spacial score (nSPS) is 13.2. The summed E-state index contributed by atoms with van der Waals surface area (Å²) < 4.78 is 26.7. The van der Waals surface area contributed by atoms with E-state index in [0.29, 0.717) is 16.8 Å². The van der Waals surface area contributed by atoms with E-state index in [4.69, 9.17) is 11.6 Å². The Morgan fingerprint density at radius 2 is 2.04 bits per heavy atom. The molecule has 3 rings (SSSR count). The number of rotatable bonds is 5. The first-order valence-electron chi connectivity index (χ1n) is 8.10. The summed E-state index contributed by atoms with van der Waals surface area (Å²) in [5.74, 6) is -1.55. The summed E-state index contributed by atoms with van der Waals surface area (Å²) >= 11 is 5.80. The van der Waals surface area contributed by atoms with Gasteiger partial charge < -0.3 is 10.4 Å². The molecule has 0 aliphatic carbocycles. The molecule has 0 spiro atoms. The van der Waals surface area contributed by atoms with Crippen molar-refractivity contribution >= 4 is 17.5 Å². The van der Waals surface area contributed by atoms with Crippen molar-refractivity contribution in [1.29, 1.82) is 0 Å². The van der Waals surface area contributed by atoms with Crippen molar-refractivity contribution in [1.82, 2.24) is 15.5 Å². The van der Waals surface area contributed by atoms with Gasteiger partial charge in [-0.25, -0.2) is 8.78 Å². The summed E-state index contributed by atoms with van der Waals surface area (Å²) in [4.78, 5) is 12.6. The van der Waals surface area contributed by atoms with Crippen LogP contribution in [-0.4, -0.2) is 27.3 Å². The lowest BCUT2D eigenvalue weighted by Gasteiger charge is -2.20. The van der Waals surface area contributed by atoms with Crippen molar-refractivity contribution in [3.63, 3.8) is 0 Å². The predicted octanol–water partition coefficient (Wildman–Crippen LogP) is 3.86. The number of aromatic nitrogens is 2. The average molecular weight is 392 g/mol. The Balaban J connectivity index is 1.79. The van der Waals surface area contributed by atoms with Gasteiger partial charge in [0.1, 0.15) is 11.6 Å². The van der Waals surface area contributed by atoms with E-state index < -0.39 is 29.7 Å². The molecule has 140 valence electrons. The third-order valence-corrected chi connectivity index (χ3v) is 4.40. The molecule has 0 saturated carbocycles. The zero-order valence-electron chi connectivity index (χ0n) is 14.2. The zero-order chi connectivity index (χ0) is 19.6. The number of carbonyl (C=O) groups excluding carboxylic acids is 1. The number of hydrogen-bond acceptors (Lipinski definition) is 3. The highest BCUT2D eigenvalue weighted by Gasteiger charge is 2.22. The number of carbonyl (C=O) groups is 1. The maximum atomic E-state index is 13.4. The molecule has 3 aromatic rings. The topological polar surface area (TPSA) is 78.0 Å². The summed E-state index contributed by atoms with van der Waals surface area (Å²) in [6, 6.07) is 8.87. The summed E-state index contributed by atoms with van der Waals surface area (Å²) in [6.07, 6.45) is 0.226. The van der Waals surface area contributed by atoms with Crippen molar-refractivity contribution in [3.8, 4) is 11.3 Å². The summed E-state index contributed by atoms with van der Waals surface area (Å²) in [6.45, 7) is 1.60. The second kappa shape index (κ2) is 7.85. The quantitative estimate of drug-likeness (QED) is 0.618. The molecule has 1 aromatic heterocycles. The predicted molar refractivity (Wildman–Crippen MR) is 97.3 cm³/mol. The van der Waals surface area contributed by atoms with Crippen LogP contribution in [0.3, 0.4) is 0 Å². The number of H-pyrrole nitrogens is 1. The first kappa shape index (κ1) is 19.0. The second-order valence-corrected chi connectivity index (χ2v) is 6.46. The largest absolute Gasteiger partial charge is 0.386 e. The van der Waals surface area contributed by atoms with E-state index in [0.717, 1.165) is 0 Å². The molecule has 27 heavy (non-hydrogen) atoms. The third kappa shape index (κ3) is 4.15. The molecule has 3 N–H and O–H groups in total. The van der Waals surface area contributed by atoms with E-state index in [2.05, 4.69) is 15.5 Å². The molecule has 0 fully saturated rings. The summed E-state index contributed by atoms with van der Waals surface area (Å²) in [5, 5.41) is 19.5. The molecular weight excluding hydrogens is 376 g/mol. The summed E-state index contributed by atoms with van der Waals surface area (Å²) in [7, 11) is 0. The zero-order valence-corrected chi connectivity index (χ0v) is 15.0. The highest BCUT2D eigenvalue weighted by atomic mass is 35.5. The first-order chi connectivity index (χ1) is 12.9. The number of aliphatic hydroxyl groups excluding tert-OH is 1. The Kier molecular flexibility index (Phi) is 5.53. The molecule has 1 heterocycles. The van der Waals surface area contributed by atoms with Gasteiger partial charge in [0.25, 0.3) is 5.91 Å². The van der Waals surface area contributed by atoms with Crippen molar-refractivity contribution < 1.29 is 18.7 Å². The van der Waals surface area contributed by atoms with E-state index in [9.17, 15) is 18.7 Å². The van der Waals surface area contributed by atoms with Crippen LogP contribution in [0.4, 0.5) is 8.78 Å². The van der Waals surface area contributed by atoms with Crippen LogP contribution in [0, 0.1) is 11.6 Å². The molecule has 2 unspecified atom stereocenters. The molecular formula is C19H16ClF2N3O2. The minimum Gasteiger partial charge on any atom is -0.386 e. The lowest BCUT2D eigenvalue weighted by Crippen LogP contribution is -2.37. The van der Waals surface area contributed by atoms with E-state index in [1.807, 2.05) is 0 Å². The van der Waals surface area contributed by atoms with Gasteiger partial charge in [0.15, 0.2) is 0 Å². The average Bonchev–Trinajstić information content (AvgIpc) is 3.13. The molecule has 0 radical (unpaired) electrons. The van der Waals surface area contributed by atoms with Crippen molar-refractivity contribution in [3.05, 3.63) is 76.4 Å². The second-order valence-electron chi connectivity index (χ2n) is 6.05. The molecule has 5 nitrogen and oxygen atoms in total. The number of amides is 1. The van der Waals surface area contributed by atoms with Crippen LogP contribution in [0.25, 0.3) is 11.3 Å². The fraction of sp³-hybridized carbons (Fsp3) is 0.158. The number of aliphatic hydroxyl groups is 1. The Bertz CT molecular complexity index is 977. The van der Waals surface area contributed by atoms with Gasteiger partial charge in [-0.1, -0.05) is 23.7 Å². The van der Waals surface area contributed by atoms with Crippen molar-refractivity contribution in [2.45, 2.75) is 19.1 Å². The lowest BCUT2D eigenvalue weighted by atomic mass is 10.0. The van der Waals surface area contributed by atoms with Gasteiger partial charge in [-0.15, -0.1) is 0 Å². The standard InChI is InChI=1S/C19H16ClF2N3O2/c1-10(18(26)12-3-2-4-13(21)7-12)24-19(27)14-9-23-25-17(14)11-5-6-16(22)15(20)8-11/h2-10,18,26H,1H3,(H,23,25)(H,24,27). The molecule has 8 heteroatoms. The van der Waals surface area contributed by atoms with Crippen LogP contribution in [0.1, 0.15) is 28.9 Å². The number of nitrogens with zero attached hydrogens (tertiary/aromatic N) is 1. The van der Waals surface area contributed by atoms with Gasteiger partial charge in [-0.05, 0) is 42.8 Å². The van der Waals surface area contributed by atoms with Crippen LogP contribution in [-0.2, 0) is 0 Å². The Morgan fingerprint density at radius 3 is 2.74 bits per heavy atom. The van der Waals surface area contributed by atoms with E-state index in [1.165, 1.54) is 42.6 Å². The highest BCUT2D eigenvalue weighted by molar-refractivity contribution is 6.31. The van der Waals surface area contributed by atoms with Crippen LogP contribution >= 0.6 is 11.6 Å². The van der Waals surface area contributed by atoms with Crippen molar-refractivity contribution in [2.24, 2.45) is 0 Å². The van der Waals surface area contributed by atoms with Gasteiger partial charge >= 0.3 is 0 Å². The van der Waals surface area contributed by atoms with Crippen LogP contribution in [0.2, 0.25) is 5.02 Å². The number of halogens is 3. The number of benzene rings is 2. The molecule has 0 aliphatic rings. The minimum absolute atomic E-state index is 0.0802. The van der Waals surface area contributed by atoms with E-state index >= 15 is 0 Å². The van der Waals surface area contributed by atoms with Crippen LogP contribution in [0.5, 0.6) is 0 Å². The highest BCUT2D eigenvalue weighted by Crippen LogP contribution is 2.26. The minimum atomic E-state index is -1.10. The first-order valence-corrected chi connectivity index (χ1v) is 8.48. The maximum absolute atomic E-state index is 13.4. The van der Waals surface area contributed by atoms with Crippen molar-refractivity contribution in [2.75, 3.05) is 0 Å². The van der Waals surface area contributed by atoms with Gasteiger partial charge in [0.2, 0.25) is 0 Å². The molecule has 0 bridgehead atoms. The smallest absolute Gasteiger partial charge is 0.255 e. The SMILES string of the molecule is CC(NC(=O)c1cn[nH]c1-c1ccc(F)c(Cl)c1)C(O)c1cccc(F)c1. The molecule has 2 aromatic carbocycles. The number of aromatic amines is 1. The monoisotopic (exact) mass is 391 g/mol. The van der Waals surface area contributed by atoms with E-state index in [1.54, 1.807) is 13.0 Å². The van der Waals surface area contributed by atoms with Crippen LogP contribution in [0.15, 0.2) is 48.7 Å².